The first-order valence-electron chi connectivity index (χ1n) is 9.73. The van der Waals surface area contributed by atoms with Crippen LogP contribution in [0, 0.1) is 0 Å². The first-order valence-corrected chi connectivity index (χ1v) is 9.73. The van der Waals surface area contributed by atoms with E-state index in [-0.39, 0.29) is 5.91 Å². The van der Waals surface area contributed by atoms with Crippen molar-refractivity contribution in [3.05, 3.63) is 60.2 Å². The summed E-state index contributed by atoms with van der Waals surface area (Å²) in [4.78, 5) is 18.8. The molecule has 7 nitrogen and oxygen atoms in total. The maximum Gasteiger partial charge on any atom is 0.251 e. The van der Waals surface area contributed by atoms with Crippen LogP contribution in [-0.2, 0) is 0 Å². The molecule has 0 radical (unpaired) electrons. The number of amides is 1. The lowest BCUT2D eigenvalue weighted by Gasteiger charge is -2.22. The lowest BCUT2D eigenvalue weighted by Crippen LogP contribution is -2.41. The smallest absolute Gasteiger partial charge is 0.251 e. The van der Waals surface area contributed by atoms with Crippen molar-refractivity contribution in [2.45, 2.75) is 6.92 Å². The first kappa shape index (κ1) is 22.1. The molecule has 0 unspecified atom stereocenters. The van der Waals surface area contributed by atoms with E-state index in [0.717, 1.165) is 18.3 Å². The molecule has 0 saturated carbocycles. The monoisotopic (exact) mass is 398 g/mol. The van der Waals surface area contributed by atoms with Crippen LogP contribution in [0.1, 0.15) is 17.3 Å². The zero-order chi connectivity index (χ0) is 20.9. The molecular formula is C22H30N4O3. The van der Waals surface area contributed by atoms with Gasteiger partial charge < -0.3 is 25.0 Å². The molecule has 2 aromatic rings. The normalized spacial score (nSPS) is 10.9. The van der Waals surface area contributed by atoms with E-state index in [0.29, 0.717) is 37.6 Å². The Hall–Kier alpha value is -3.22. The highest BCUT2D eigenvalue weighted by Crippen LogP contribution is 2.12. The zero-order valence-electron chi connectivity index (χ0n) is 17.4. The van der Waals surface area contributed by atoms with Crippen molar-refractivity contribution in [2.24, 2.45) is 4.99 Å². The number of nitrogens with one attached hydrogen (secondary N) is 2. The molecular weight excluding hydrogens is 368 g/mol. The quantitative estimate of drug-likeness (QED) is 0.365. The largest absolute Gasteiger partial charge is 0.497 e. The molecule has 7 heteroatoms. The highest BCUT2D eigenvalue weighted by Gasteiger charge is 2.07. The Bertz CT molecular complexity index is 781. The fourth-order valence-corrected chi connectivity index (χ4v) is 2.59. The summed E-state index contributed by atoms with van der Waals surface area (Å²) in [6, 6.07) is 16.8. The summed E-state index contributed by atoms with van der Waals surface area (Å²) in [6.07, 6.45) is 0. The maximum absolute atomic E-state index is 12.2. The minimum absolute atomic E-state index is 0.145. The fraction of sp³-hybridized carbons (Fsp3) is 0.364. The average Bonchev–Trinajstić information content (AvgIpc) is 2.76. The summed E-state index contributed by atoms with van der Waals surface area (Å²) in [5.41, 5.74) is 0.565. The second-order valence-corrected chi connectivity index (χ2v) is 6.31. The van der Waals surface area contributed by atoms with E-state index in [1.807, 2.05) is 49.2 Å². The summed E-state index contributed by atoms with van der Waals surface area (Å²) < 4.78 is 10.9. The van der Waals surface area contributed by atoms with Gasteiger partial charge in [0.25, 0.3) is 5.91 Å². The van der Waals surface area contributed by atoms with Crippen molar-refractivity contribution in [1.82, 2.24) is 15.5 Å². The molecule has 1 amide bonds. The molecule has 2 aromatic carbocycles. The van der Waals surface area contributed by atoms with Crippen LogP contribution in [0.3, 0.4) is 0 Å². The predicted molar refractivity (Wildman–Crippen MR) is 116 cm³/mol. The minimum atomic E-state index is -0.145. The van der Waals surface area contributed by atoms with E-state index in [9.17, 15) is 4.79 Å². The van der Waals surface area contributed by atoms with Crippen LogP contribution in [0.2, 0.25) is 0 Å². The van der Waals surface area contributed by atoms with Crippen molar-refractivity contribution in [3.63, 3.8) is 0 Å². The van der Waals surface area contributed by atoms with E-state index >= 15 is 0 Å². The van der Waals surface area contributed by atoms with E-state index < -0.39 is 0 Å². The van der Waals surface area contributed by atoms with Crippen LogP contribution in [0.15, 0.2) is 59.6 Å². The van der Waals surface area contributed by atoms with E-state index in [2.05, 4.69) is 15.6 Å². The molecule has 0 fully saturated rings. The van der Waals surface area contributed by atoms with Gasteiger partial charge in [0.05, 0.1) is 20.2 Å². The van der Waals surface area contributed by atoms with Gasteiger partial charge >= 0.3 is 0 Å². The van der Waals surface area contributed by atoms with Crippen LogP contribution < -0.4 is 20.1 Å². The molecule has 0 heterocycles. The van der Waals surface area contributed by atoms with Crippen molar-refractivity contribution < 1.29 is 14.3 Å². The van der Waals surface area contributed by atoms with Gasteiger partial charge in [-0.05, 0) is 37.3 Å². The standard InChI is InChI=1S/C22H30N4O3/c1-4-23-22(26(2)15-16-29-19-10-6-5-7-11-19)25-14-13-24-21(27)18-9-8-12-20(17-18)28-3/h5-12,17H,4,13-16H2,1-3H3,(H,23,25)(H,24,27). The molecule has 0 aliphatic heterocycles. The zero-order valence-corrected chi connectivity index (χ0v) is 17.4. The number of likely N-dealkylation sites (N-methyl/N-ethyl adjacent to an activating group) is 1. The molecule has 0 bridgehead atoms. The Morgan fingerprint density at radius 1 is 1.07 bits per heavy atom. The van der Waals surface area contributed by atoms with Gasteiger partial charge in [0.1, 0.15) is 18.1 Å². The number of guanidine groups is 1. The molecule has 0 atom stereocenters. The highest BCUT2D eigenvalue weighted by molar-refractivity contribution is 5.94. The molecule has 29 heavy (non-hydrogen) atoms. The van der Waals surface area contributed by atoms with Crippen LogP contribution in [0.25, 0.3) is 0 Å². The third-order valence-electron chi connectivity index (χ3n) is 4.13. The number of rotatable bonds is 10. The summed E-state index contributed by atoms with van der Waals surface area (Å²) >= 11 is 0. The highest BCUT2D eigenvalue weighted by atomic mass is 16.5. The maximum atomic E-state index is 12.2. The van der Waals surface area contributed by atoms with Gasteiger partial charge in [-0.3, -0.25) is 9.79 Å². The number of benzene rings is 2. The van der Waals surface area contributed by atoms with E-state index in [1.165, 1.54) is 0 Å². The number of hydrogen-bond donors (Lipinski definition) is 2. The fourth-order valence-electron chi connectivity index (χ4n) is 2.59. The lowest BCUT2D eigenvalue weighted by molar-refractivity contribution is 0.0954. The first-order chi connectivity index (χ1) is 14.1. The third kappa shape index (κ3) is 7.73. The molecule has 2 N–H and O–H groups in total. The Labute approximate surface area is 172 Å². The second kappa shape index (κ2) is 12.3. The van der Waals surface area contributed by atoms with Gasteiger partial charge in [-0.2, -0.15) is 0 Å². The molecule has 0 aromatic heterocycles. The Morgan fingerprint density at radius 3 is 2.55 bits per heavy atom. The predicted octanol–water partition coefficient (Wildman–Crippen LogP) is 2.40. The molecule has 0 aliphatic carbocycles. The van der Waals surface area contributed by atoms with Crippen molar-refractivity contribution in [1.29, 1.82) is 0 Å². The Morgan fingerprint density at radius 2 is 1.83 bits per heavy atom. The van der Waals surface area contributed by atoms with Crippen LogP contribution in [0.4, 0.5) is 0 Å². The van der Waals surface area contributed by atoms with E-state index in [4.69, 9.17) is 9.47 Å². The number of aliphatic imine (C=N–C) groups is 1. The third-order valence-corrected chi connectivity index (χ3v) is 4.13. The average molecular weight is 399 g/mol. The minimum Gasteiger partial charge on any atom is -0.497 e. The van der Waals surface area contributed by atoms with Crippen LogP contribution in [0.5, 0.6) is 11.5 Å². The summed E-state index contributed by atoms with van der Waals surface area (Å²) in [7, 11) is 3.54. The second-order valence-electron chi connectivity index (χ2n) is 6.31. The van der Waals surface area contributed by atoms with Gasteiger partial charge in [-0.1, -0.05) is 24.3 Å². The summed E-state index contributed by atoms with van der Waals surface area (Å²) in [5, 5.41) is 6.14. The summed E-state index contributed by atoms with van der Waals surface area (Å²) in [6.45, 7) is 4.95. The molecule has 2 rings (SSSR count). The number of methoxy groups -OCH3 is 1. The van der Waals surface area contributed by atoms with Crippen LogP contribution in [-0.4, -0.2) is 63.7 Å². The Kier molecular flexibility index (Phi) is 9.35. The molecule has 0 aliphatic rings. The number of ether oxygens (including phenoxy) is 2. The number of carbonyl (C=O) groups is 1. The van der Waals surface area contributed by atoms with Gasteiger partial charge in [0.2, 0.25) is 0 Å². The number of carbonyl (C=O) groups excluding carboxylic acids is 1. The van der Waals surface area contributed by atoms with Crippen molar-refractivity contribution in [3.8, 4) is 11.5 Å². The summed E-state index contributed by atoms with van der Waals surface area (Å²) in [5.74, 6) is 2.14. The number of nitrogens with zero attached hydrogens (tertiary/aromatic N) is 2. The topological polar surface area (TPSA) is 75.2 Å². The van der Waals surface area contributed by atoms with Gasteiger partial charge in [-0.25, -0.2) is 0 Å². The van der Waals surface area contributed by atoms with Gasteiger partial charge in [0.15, 0.2) is 5.96 Å². The van der Waals surface area contributed by atoms with Gasteiger partial charge in [-0.15, -0.1) is 0 Å². The van der Waals surface area contributed by atoms with Gasteiger partial charge in [0, 0.05) is 25.7 Å². The SMILES string of the molecule is CCNC(=NCCNC(=O)c1cccc(OC)c1)N(C)CCOc1ccccc1. The number of hydrogen-bond acceptors (Lipinski definition) is 4. The van der Waals surface area contributed by atoms with Crippen molar-refractivity contribution in [2.75, 3.05) is 46.9 Å². The van der Waals surface area contributed by atoms with E-state index in [1.54, 1.807) is 31.4 Å². The molecule has 0 saturated heterocycles. The van der Waals surface area contributed by atoms with Crippen LogP contribution >= 0.6 is 0 Å². The molecule has 156 valence electrons. The van der Waals surface area contributed by atoms with Crippen molar-refractivity contribution >= 4 is 11.9 Å². The molecule has 0 spiro atoms. The number of para-hydroxylation sites is 1. The lowest BCUT2D eigenvalue weighted by atomic mass is 10.2. The Balaban J connectivity index is 1.78.